The standard InChI is InChI=1S/C13H13BrN2O2/c1-9(14)8-15-11-7-12(17)16(13(11)18)10-5-3-2-4-6-10/h2-6,11,15H,1,7-8H2. The Balaban J connectivity index is 2.12. The minimum atomic E-state index is -0.466. The first-order valence-corrected chi connectivity index (χ1v) is 6.37. The minimum absolute atomic E-state index is 0.177. The molecule has 94 valence electrons. The van der Waals surface area contributed by atoms with Crippen LogP contribution in [-0.4, -0.2) is 24.4 Å². The molecule has 1 fully saturated rings. The van der Waals surface area contributed by atoms with Crippen LogP contribution >= 0.6 is 15.9 Å². The summed E-state index contributed by atoms with van der Waals surface area (Å²) < 4.78 is 0.751. The summed E-state index contributed by atoms with van der Waals surface area (Å²) in [5.74, 6) is -0.385. The largest absolute Gasteiger partial charge is 0.301 e. The molecule has 1 N–H and O–H groups in total. The normalized spacial score (nSPS) is 19.4. The lowest BCUT2D eigenvalue weighted by Gasteiger charge is -2.15. The molecule has 1 unspecified atom stereocenters. The summed E-state index contributed by atoms with van der Waals surface area (Å²) >= 11 is 3.21. The number of anilines is 1. The molecule has 2 rings (SSSR count). The van der Waals surface area contributed by atoms with Gasteiger partial charge in [-0.1, -0.05) is 40.7 Å². The third-order valence-electron chi connectivity index (χ3n) is 2.70. The van der Waals surface area contributed by atoms with E-state index in [0.717, 1.165) is 4.48 Å². The lowest BCUT2D eigenvalue weighted by molar-refractivity contribution is -0.121. The van der Waals surface area contributed by atoms with Crippen LogP contribution in [0.25, 0.3) is 0 Å². The zero-order valence-corrected chi connectivity index (χ0v) is 11.3. The highest BCUT2D eigenvalue weighted by Crippen LogP contribution is 2.22. The molecule has 1 heterocycles. The second-order valence-corrected chi connectivity index (χ2v) is 5.18. The zero-order valence-electron chi connectivity index (χ0n) is 9.73. The maximum absolute atomic E-state index is 12.1. The topological polar surface area (TPSA) is 49.4 Å². The van der Waals surface area contributed by atoms with Crippen molar-refractivity contribution < 1.29 is 9.59 Å². The van der Waals surface area contributed by atoms with Gasteiger partial charge in [0.25, 0.3) is 5.91 Å². The van der Waals surface area contributed by atoms with Crippen LogP contribution < -0.4 is 10.2 Å². The van der Waals surface area contributed by atoms with Crippen molar-refractivity contribution in [1.29, 1.82) is 0 Å². The van der Waals surface area contributed by atoms with E-state index < -0.39 is 6.04 Å². The number of para-hydroxylation sites is 1. The maximum Gasteiger partial charge on any atom is 0.251 e. The van der Waals surface area contributed by atoms with E-state index in [2.05, 4.69) is 27.8 Å². The summed E-state index contributed by atoms with van der Waals surface area (Å²) in [6.45, 7) is 4.15. The van der Waals surface area contributed by atoms with Gasteiger partial charge in [0.1, 0.15) is 0 Å². The molecule has 0 spiro atoms. The lowest BCUT2D eigenvalue weighted by atomic mass is 10.2. The zero-order chi connectivity index (χ0) is 13.1. The van der Waals surface area contributed by atoms with Crippen molar-refractivity contribution >= 4 is 33.4 Å². The number of carbonyl (C=O) groups is 2. The summed E-state index contributed by atoms with van der Waals surface area (Å²) in [6.07, 6.45) is 0.188. The van der Waals surface area contributed by atoms with Crippen molar-refractivity contribution in [2.75, 3.05) is 11.4 Å². The van der Waals surface area contributed by atoms with Crippen LogP contribution in [0.5, 0.6) is 0 Å². The number of halogens is 1. The van der Waals surface area contributed by atoms with Gasteiger partial charge < -0.3 is 5.32 Å². The third kappa shape index (κ3) is 2.68. The van der Waals surface area contributed by atoms with E-state index in [-0.39, 0.29) is 18.2 Å². The van der Waals surface area contributed by atoms with Crippen LogP contribution in [0.3, 0.4) is 0 Å². The van der Waals surface area contributed by atoms with E-state index in [4.69, 9.17) is 0 Å². The van der Waals surface area contributed by atoms with Crippen LogP contribution in [-0.2, 0) is 9.59 Å². The van der Waals surface area contributed by atoms with Crippen LogP contribution in [0.4, 0.5) is 5.69 Å². The highest BCUT2D eigenvalue weighted by Gasteiger charge is 2.38. The Morgan fingerprint density at radius 2 is 2.06 bits per heavy atom. The quantitative estimate of drug-likeness (QED) is 0.863. The second kappa shape index (κ2) is 5.46. The minimum Gasteiger partial charge on any atom is -0.301 e. The average molecular weight is 309 g/mol. The highest BCUT2D eigenvalue weighted by atomic mass is 79.9. The van der Waals surface area contributed by atoms with E-state index in [0.29, 0.717) is 12.2 Å². The molecule has 1 aliphatic heterocycles. The predicted octanol–water partition coefficient (Wildman–Crippen LogP) is 1.82. The van der Waals surface area contributed by atoms with Crippen molar-refractivity contribution in [3.63, 3.8) is 0 Å². The Hall–Kier alpha value is -1.46. The van der Waals surface area contributed by atoms with Crippen LogP contribution in [0.2, 0.25) is 0 Å². The Labute approximate surface area is 114 Å². The number of amides is 2. The fourth-order valence-corrected chi connectivity index (χ4v) is 2.04. The molecule has 5 heteroatoms. The first kappa shape index (κ1) is 13.0. The Kier molecular flexibility index (Phi) is 3.93. The molecular weight excluding hydrogens is 296 g/mol. The molecule has 4 nitrogen and oxygen atoms in total. The average Bonchev–Trinajstić information content (AvgIpc) is 2.63. The summed E-state index contributed by atoms with van der Waals surface area (Å²) in [5.41, 5.74) is 0.620. The molecule has 2 amide bonds. The van der Waals surface area contributed by atoms with E-state index in [1.807, 2.05) is 6.07 Å². The van der Waals surface area contributed by atoms with Crippen molar-refractivity contribution in [3.8, 4) is 0 Å². The highest BCUT2D eigenvalue weighted by molar-refractivity contribution is 9.11. The molecule has 1 atom stereocenters. The molecule has 1 aliphatic rings. The molecule has 1 aromatic rings. The maximum atomic E-state index is 12.1. The van der Waals surface area contributed by atoms with Crippen molar-refractivity contribution in [2.24, 2.45) is 0 Å². The van der Waals surface area contributed by atoms with Crippen LogP contribution in [0.15, 0.2) is 41.4 Å². The fourth-order valence-electron chi connectivity index (χ4n) is 1.87. The fraction of sp³-hybridized carbons (Fsp3) is 0.231. The Morgan fingerprint density at radius 3 is 2.67 bits per heavy atom. The van der Waals surface area contributed by atoms with E-state index in [9.17, 15) is 9.59 Å². The number of nitrogens with zero attached hydrogens (tertiary/aromatic N) is 1. The van der Waals surface area contributed by atoms with Crippen LogP contribution in [0.1, 0.15) is 6.42 Å². The number of rotatable bonds is 4. The summed E-state index contributed by atoms with van der Waals surface area (Å²) in [4.78, 5) is 25.2. The van der Waals surface area contributed by atoms with Gasteiger partial charge in [-0.25, -0.2) is 4.90 Å². The van der Waals surface area contributed by atoms with E-state index in [1.165, 1.54) is 4.90 Å². The number of nitrogens with one attached hydrogen (secondary N) is 1. The molecule has 0 bridgehead atoms. The molecule has 1 saturated heterocycles. The van der Waals surface area contributed by atoms with Gasteiger partial charge in [-0.15, -0.1) is 0 Å². The van der Waals surface area contributed by atoms with Gasteiger partial charge in [0.15, 0.2) is 0 Å². The van der Waals surface area contributed by atoms with E-state index in [1.54, 1.807) is 24.3 Å². The molecular formula is C13H13BrN2O2. The number of carbonyl (C=O) groups excluding carboxylic acids is 2. The van der Waals surface area contributed by atoms with E-state index >= 15 is 0 Å². The van der Waals surface area contributed by atoms with Gasteiger partial charge >= 0.3 is 0 Å². The number of hydrogen-bond donors (Lipinski definition) is 1. The van der Waals surface area contributed by atoms with Crippen molar-refractivity contribution in [3.05, 3.63) is 41.4 Å². The van der Waals surface area contributed by atoms with Gasteiger partial charge in [-0.3, -0.25) is 9.59 Å². The lowest BCUT2D eigenvalue weighted by Crippen LogP contribution is -2.39. The van der Waals surface area contributed by atoms with Crippen molar-refractivity contribution in [2.45, 2.75) is 12.5 Å². The van der Waals surface area contributed by atoms with Gasteiger partial charge in [0, 0.05) is 11.0 Å². The van der Waals surface area contributed by atoms with Gasteiger partial charge in [0.2, 0.25) is 5.91 Å². The number of hydrogen-bond acceptors (Lipinski definition) is 3. The SMILES string of the molecule is C=C(Br)CNC1CC(=O)N(c2ccccc2)C1=O. The molecule has 0 radical (unpaired) electrons. The first-order chi connectivity index (χ1) is 8.59. The Morgan fingerprint density at radius 1 is 1.39 bits per heavy atom. The third-order valence-corrected chi connectivity index (χ3v) is 2.98. The number of imide groups is 1. The second-order valence-electron chi connectivity index (χ2n) is 4.06. The van der Waals surface area contributed by atoms with Crippen molar-refractivity contribution in [1.82, 2.24) is 5.32 Å². The molecule has 1 aromatic carbocycles. The van der Waals surface area contributed by atoms with Gasteiger partial charge in [-0.05, 0) is 12.1 Å². The molecule has 0 aromatic heterocycles. The monoisotopic (exact) mass is 308 g/mol. The smallest absolute Gasteiger partial charge is 0.251 e. The summed E-state index contributed by atoms with van der Waals surface area (Å²) in [6, 6.07) is 8.49. The molecule has 0 saturated carbocycles. The Bertz CT molecular complexity index is 487. The van der Waals surface area contributed by atoms with Gasteiger partial charge in [-0.2, -0.15) is 0 Å². The summed E-state index contributed by atoms with van der Waals surface area (Å²) in [7, 11) is 0. The molecule has 18 heavy (non-hydrogen) atoms. The first-order valence-electron chi connectivity index (χ1n) is 5.58. The summed E-state index contributed by atoms with van der Waals surface area (Å²) in [5, 5.41) is 3.00. The van der Waals surface area contributed by atoms with Gasteiger partial charge in [0.05, 0.1) is 18.2 Å². The predicted molar refractivity (Wildman–Crippen MR) is 73.4 cm³/mol. The number of benzene rings is 1. The van der Waals surface area contributed by atoms with Crippen LogP contribution in [0, 0.1) is 0 Å². The molecule has 0 aliphatic carbocycles.